The van der Waals surface area contributed by atoms with Crippen LogP contribution < -0.4 is 10.1 Å². The first kappa shape index (κ1) is 21.4. The predicted octanol–water partition coefficient (Wildman–Crippen LogP) is 5.27. The summed E-state index contributed by atoms with van der Waals surface area (Å²) in [6.45, 7) is -0.893. The third kappa shape index (κ3) is 5.53. The quantitative estimate of drug-likeness (QED) is 0.683. The number of nitrogens with one attached hydrogen (secondary N) is 1. The summed E-state index contributed by atoms with van der Waals surface area (Å²) in [6.07, 6.45) is -10.1. The van der Waals surface area contributed by atoms with Crippen molar-refractivity contribution < 1.29 is 35.9 Å². The van der Waals surface area contributed by atoms with Crippen molar-refractivity contribution in [2.24, 2.45) is 0 Å². The topological polar surface area (TPSA) is 62.1 Å². The SMILES string of the molecule is N#Cc1ccc(Cl)cc1NC(=O)COc1cc(C(F)(F)F)cc(C(F)(F)F)c1. The number of nitriles is 1. The summed E-state index contributed by atoms with van der Waals surface area (Å²) >= 11 is 5.75. The first-order valence-corrected chi connectivity index (χ1v) is 7.70. The van der Waals surface area contributed by atoms with E-state index >= 15 is 0 Å². The molecule has 148 valence electrons. The minimum Gasteiger partial charge on any atom is -0.484 e. The highest BCUT2D eigenvalue weighted by atomic mass is 35.5. The number of alkyl halides is 6. The average Bonchev–Trinajstić information content (AvgIpc) is 2.58. The van der Waals surface area contributed by atoms with Gasteiger partial charge in [-0.2, -0.15) is 31.6 Å². The molecule has 1 amide bonds. The molecule has 2 rings (SSSR count). The second-order valence-corrected chi connectivity index (χ2v) is 5.82. The van der Waals surface area contributed by atoms with Gasteiger partial charge in [0, 0.05) is 5.02 Å². The van der Waals surface area contributed by atoms with Crippen LogP contribution in [0.25, 0.3) is 0 Å². The Balaban J connectivity index is 2.19. The van der Waals surface area contributed by atoms with Crippen LogP contribution in [-0.2, 0) is 17.1 Å². The maximum absolute atomic E-state index is 12.8. The van der Waals surface area contributed by atoms with E-state index in [4.69, 9.17) is 21.6 Å². The number of hydrogen-bond donors (Lipinski definition) is 1. The maximum atomic E-state index is 12.8. The number of halogens is 7. The molecule has 2 aromatic carbocycles. The van der Waals surface area contributed by atoms with E-state index < -0.39 is 41.7 Å². The van der Waals surface area contributed by atoms with Gasteiger partial charge in [-0.3, -0.25) is 4.79 Å². The molecule has 0 bridgehead atoms. The molecule has 0 spiro atoms. The summed E-state index contributed by atoms with van der Waals surface area (Å²) in [5.41, 5.74) is -3.07. The fourth-order valence-electron chi connectivity index (χ4n) is 2.06. The molecule has 0 aliphatic carbocycles. The van der Waals surface area contributed by atoms with Crippen LogP contribution in [0.2, 0.25) is 5.02 Å². The van der Waals surface area contributed by atoms with Gasteiger partial charge in [0.1, 0.15) is 11.8 Å². The highest BCUT2D eigenvalue weighted by molar-refractivity contribution is 6.31. The van der Waals surface area contributed by atoms with Crippen LogP contribution in [0.5, 0.6) is 5.75 Å². The van der Waals surface area contributed by atoms with Gasteiger partial charge in [-0.25, -0.2) is 0 Å². The second-order valence-electron chi connectivity index (χ2n) is 5.38. The molecule has 0 fully saturated rings. The molecule has 1 N–H and O–H groups in total. The third-order valence-electron chi connectivity index (χ3n) is 3.31. The minimum absolute atomic E-state index is 0.0172. The summed E-state index contributed by atoms with van der Waals surface area (Å²) in [5.74, 6) is -1.70. The Morgan fingerprint density at radius 3 is 2.11 bits per heavy atom. The highest BCUT2D eigenvalue weighted by Crippen LogP contribution is 2.38. The summed E-state index contributed by atoms with van der Waals surface area (Å²) in [5, 5.41) is 11.4. The lowest BCUT2D eigenvalue weighted by molar-refractivity contribution is -0.143. The number of amides is 1. The number of nitrogens with zero attached hydrogens (tertiary/aromatic N) is 1. The van der Waals surface area contributed by atoms with E-state index in [9.17, 15) is 31.1 Å². The molecule has 0 atom stereocenters. The number of carbonyl (C=O) groups excluding carboxylic acids is 1. The van der Waals surface area contributed by atoms with E-state index in [2.05, 4.69) is 5.32 Å². The van der Waals surface area contributed by atoms with Gasteiger partial charge < -0.3 is 10.1 Å². The zero-order chi connectivity index (χ0) is 21.1. The Morgan fingerprint density at radius 1 is 1.04 bits per heavy atom. The largest absolute Gasteiger partial charge is 0.484 e. The molecule has 11 heteroatoms. The van der Waals surface area contributed by atoms with Gasteiger partial charge in [0.15, 0.2) is 6.61 Å². The van der Waals surface area contributed by atoms with Crippen molar-refractivity contribution in [3.63, 3.8) is 0 Å². The zero-order valence-corrected chi connectivity index (χ0v) is 14.3. The molecular formula is C17H9ClF6N2O2. The fourth-order valence-corrected chi connectivity index (χ4v) is 2.23. The molecule has 0 saturated carbocycles. The monoisotopic (exact) mass is 422 g/mol. The number of rotatable bonds is 4. The van der Waals surface area contributed by atoms with E-state index in [0.29, 0.717) is 12.1 Å². The molecule has 28 heavy (non-hydrogen) atoms. The zero-order valence-electron chi connectivity index (χ0n) is 13.6. The molecular weight excluding hydrogens is 414 g/mol. The van der Waals surface area contributed by atoms with Crippen LogP contribution in [0.15, 0.2) is 36.4 Å². The van der Waals surface area contributed by atoms with Crippen LogP contribution in [0.3, 0.4) is 0 Å². The van der Waals surface area contributed by atoms with Crippen molar-refractivity contribution >= 4 is 23.2 Å². The van der Waals surface area contributed by atoms with Gasteiger partial charge in [-0.05, 0) is 36.4 Å². The van der Waals surface area contributed by atoms with Crippen molar-refractivity contribution in [1.29, 1.82) is 5.26 Å². The second kappa shape index (κ2) is 7.98. The van der Waals surface area contributed by atoms with Gasteiger partial charge in [-0.15, -0.1) is 0 Å². The van der Waals surface area contributed by atoms with Gasteiger partial charge in [-0.1, -0.05) is 11.6 Å². The molecule has 0 aliphatic rings. The summed E-state index contributed by atoms with van der Waals surface area (Å²) < 4.78 is 81.6. The van der Waals surface area contributed by atoms with E-state index in [1.807, 2.05) is 0 Å². The van der Waals surface area contributed by atoms with Gasteiger partial charge >= 0.3 is 12.4 Å². The van der Waals surface area contributed by atoms with Crippen LogP contribution >= 0.6 is 11.6 Å². The Kier molecular flexibility index (Phi) is 6.09. The van der Waals surface area contributed by atoms with Crippen LogP contribution in [-0.4, -0.2) is 12.5 Å². The molecule has 0 saturated heterocycles. The summed E-state index contributed by atoms with van der Waals surface area (Å²) in [6, 6.07) is 6.40. The van der Waals surface area contributed by atoms with Crippen molar-refractivity contribution in [2.45, 2.75) is 12.4 Å². The lowest BCUT2D eigenvalue weighted by atomic mass is 10.1. The smallest absolute Gasteiger partial charge is 0.416 e. The Morgan fingerprint density at radius 2 is 1.61 bits per heavy atom. The molecule has 2 aromatic rings. The van der Waals surface area contributed by atoms with E-state index in [0.717, 1.165) is 0 Å². The molecule has 0 aromatic heterocycles. The lowest BCUT2D eigenvalue weighted by Crippen LogP contribution is -2.21. The standard InChI is InChI=1S/C17H9ClF6N2O2/c18-12-2-1-9(7-25)14(6-12)26-15(27)8-28-13-4-10(16(19,20)21)3-11(5-13)17(22,23)24/h1-6H,8H2,(H,26,27). The first-order valence-electron chi connectivity index (χ1n) is 7.32. The van der Waals surface area contributed by atoms with Crippen molar-refractivity contribution in [3.05, 3.63) is 58.1 Å². The van der Waals surface area contributed by atoms with Crippen LogP contribution in [0.1, 0.15) is 16.7 Å². The molecule has 4 nitrogen and oxygen atoms in total. The number of benzene rings is 2. The number of ether oxygens (including phenoxy) is 1. The normalized spacial score (nSPS) is 11.6. The lowest BCUT2D eigenvalue weighted by Gasteiger charge is -2.15. The summed E-state index contributed by atoms with van der Waals surface area (Å²) in [4.78, 5) is 11.9. The van der Waals surface area contributed by atoms with E-state index in [1.165, 1.54) is 18.2 Å². The van der Waals surface area contributed by atoms with E-state index in [-0.39, 0.29) is 22.3 Å². The van der Waals surface area contributed by atoms with Crippen molar-refractivity contribution in [1.82, 2.24) is 0 Å². The summed E-state index contributed by atoms with van der Waals surface area (Å²) in [7, 11) is 0. The van der Waals surface area contributed by atoms with Gasteiger partial charge in [0.25, 0.3) is 5.91 Å². The number of hydrogen-bond acceptors (Lipinski definition) is 3. The first-order chi connectivity index (χ1) is 12.9. The Labute approximate surface area is 159 Å². The van der Waals surface area contributed by atoms with Crippen LogP contribution in [0.4, 0.5) is 32.0 Å². The van der Waals surface area contributed by atoms with Gasteiger partial charge in [0.05, 0.1) is 22.4 Å². The predicted molar refractivity (Wildman–Crippen MR) is 86.7 cm³/mol. The maximum Gasteiger partial charge on any atom is 0.416 e. The van der Waals surface area contributed by atoms with Crippen molar-refractivity contribution in [2.75, 3.05) is 11.9 Å². The Bertz CT molecular complexity index is 902. The van der Waals surface area contributed by atoms with Crippen LogP contribution in [0, 0.1) is 11.3 Å². The van der Waals surface area contributed by atoms with E-state index in [1.54, 1.807) is 6.07 Å². The molecule has 0 radical (unpaired) electrons. The number of carbonyl (C=O) groups is 1. The third-order valence-corrected chi connectivity index (χ3v) is 3.54. The number of anilines is 1. The van der Waals surface area contributed by atoms with Crippen molar-refractivity contribution in [3.8, 4) is 11.8 Å². The fraction of sp³-hybridized carbons (Fsp3) is 0.176. The minimum atomic E-state index is -5.04. The molecule has 0 heterocycles. The molecule has 0 aliphatic heterocycles. The Hall–Kier alpha value is -2.93. The average molecular weight is 423 g/mol. The highest BCUT2D eigenvalue weighted by Gasteiger charge is 2.37. The van der Waals surface area contributed by atoms with Gasteiger partial charge in [0.2, 0.25) is 0 Å². The molecule has 0 unspecified atom stereocenters.